The molecule has 1 saturated heterocycles. The number of amides is 2. The van der Waals surface area contributed by atoms with Gasteiger partial charge in [-0.3, -0.25) is 9.59 Å². The number of fused-ring (bicyclic) bond motifs is 1. The van der Waals surface area contributed by atoms with Crippen LogP contribution in [0.3, 0.4) is 0 Å². The van der Waals surface area contributed by atoms with Crippen LogP contribution in [-0.2, 0) is 26.5 Å². The van der Waals surface area contributed by atoms with Crippen molar-refractivity contribution in [3.05, 3.63) is 57.3 Å². The maximum atomic E-state index is 12.8. The van der Waals surface area contributed by atoms with Crippen LogP contribution in [0, 0.1) is 0 Å². The number of sulfone groups is 1. The van der Waals surface area contributed by atoms with Crippen LogP contribution in [0.1, 0.15) is 37.0 Å². The predicted octanol–water partition coefficient (Wildman–Crippen LogP) is 3.91. The Balaban J connectivity index is 1.35. The molecule has 2 heterocycles. The number of rotatable bonds is 5. The van der Waals surface area contributed by atoms with Gasteiger partial charge in [-0.15, -0.1) is 11.3 Å². The number of carbonyl (C=O) groups excluding carboxylic acids is 2. The molecule has 3 aromatic rings. The van der Waals surface area contributed by atoms with E-state index in [9.17, 15) is 18.0 Å². The van der Waals surface area contributed by atoms with E-state index in [1.54, 1.807) is 41.3 Å². The number of aryl methyl sites for hydroxylation is 1. The Kier molecular flexibility index (Phi) is 7.25. The number of hydrogen-bond donors (Lipinski definition) is 0. The van der Waals surface area contributed by atoms with Gasteiger partial charge in [0.15, 0.2) is 14.6 Å². The minimum atomic E-state index is -3.58. The van der Waals surface area contributed by atoms with Gasteiger partial charge in [0.05, 0.1) is 10.6 Å². The molecule has 1 aliphatic rings. The maximum Gasteiger partial charge on any atom is 0.245 e. The second-order valence-corrected chi connectivity index (χ2v) is 12.1. The van der Waals surface area contributed by atoms with Gasteiger partial charge in [0, 0.05) is 49.6 Å². The van der Waals surface area contributed by atoms with Crippen LogP contribution in [0.4, 0.5) is 0 Å². The van der Waals surface area contributed by atoms with Crippen molar-refractivity contribution in [2.75, 3.05) is 18.8 Å². The summed E-state index contributed by atoms with van der Waals surface area (Å²) in [6, 6.07) is 10.2. The van der Waals surface area contributed by atoms with Gasteiger partial charge in [-0.1, -0.05) is 23.7 Å². The molecule has 10 heteroatoms. The smallest absolute Gasteiger partial charge is 0.245 e. The third-order valence-electron chi connectivity index (χ3n) is 6.05. The van der Waals surface area contributed by atoms with Gasteiger partial charge < -0.3 is 9.47 Å². The zero-order valence-corrected chi connectivity index (χ0v) is 21.4. The molecule has 1 aromatic heterocycles. The lowest BCUT2D eigenvalue weighted by Crippen LogP contribution is -2.38. The summed E-state index contributed by atoms with van der Waals surface area (Å²) in [7, 11) is -1.71. The van der Waals surface area contributed by atoms with Crippen molar-refractivity contribution in [3.8, 4) is 0 Å². The summed E-state index contributed by atoms with van der Waals surface area (Å²) in [5.74, 6) is -0.293. The molecule has 0 saturated carbocycles. The van der Waals surface area contributed by atoms with Gasteiger partial charge in [-0.2, -0.15) is 4.99 Å². The normalized spacial score (nSPS) is 15.7. The number of likely N-dealkylation sites (tertiary alicyclic amines) is 1. The van der Waals surface area contributed by atoms with E-state index >= 15 is 0 Å². The Morgan fingerprint density at radius 1 is 1.12 bits per heavy atom. The first-order valence-electron chi connectivity index (χ1n) is 11.0. The van der Waals surface area contributed by atoms with E-state index in [-0.39, 0.29) is 28.9 Å². The zero-order valence-electron chi connectivity index (χ0n) is 19.0. The molecule has 0 unspecified atom stereocenters. The maximum absolute atomic E-state index is 12.8. The fourth-order valence-electron chi connectivity index (χ4n) is 4.17. The van der Waals surface area contributed by atoms with E-state index in [0.29, 0.717) is 28.8 Å². The van der Waals surface area contributed by atoms with Crippen LogP contribution in [0.15, 0.2) is 52.5 Å². The highest BCUT2D eigenvalue weighted by molar-refractivity contribution is 7.91. The highest BCUT2D eigenvalue weighted by Gasteiger charge is 2.26. The summed E-state index contributed by atoms with van der Waals surface area (Å²) >= 11 is 7.50. The van der Waals surface area contributed by atoms with Crippen LogP contribution in [0.5, 0.6) is 0 Å². The van der Waals surface area contributed by atoms with Crippen molar-refractivity contribution in [1.29, 1.82) is 0 Å². The lowest BCUT2D eigenvalue weighted by atomic mass is 9.95. The van der Waals surface area contributed by atoms with Crippen LogP contribution in [-0.4, -0.2) is 48.5 Å². The minimum absolute atomic E-state index is 0.0404. The lowest BCUT2D eigenvalue weighted by molar-refractivity contribution is -0.131. The van der Waals surface area contributed by atoms with E-state index < -0.39 is 9.84 Å². The number of hydrogen-bond acceptors (Lipinski definition) is 5. The summed E-state index contributed by atoms with van der Waals surface area (Å²) in [5, 5.41) is 2.25. The van der Waals surface area contributed by atoms with E-state index in [1.165, 1.54) is 18.3 Å². The Hall–Kier alpha value is -2.49. The Labute approximate surface area is 207 Å². The average Bonchev–Trinajstić information content (AvgIpc) is 3.16. The number of carbonyl (C=O) groups is 2. The Morgan fingerprint density at radius 2 is 1.79 bits per heavy atom. The molecule has 34 heavy (non-hydrogen) atoms. The van der Waals surface area contributed by atoms with E-state index in [0.717, 1.165) is 28.5 Å². The first kappa shape index (κ1) is 24.6. The van der Waals surface area contributed by atoms with Gasteiger partial charge in [0.25, 0.3) is 0 Å². The van der Waals surface area contributed by atoms with Crippen molar-refractivity contribution < 1.29 is 18.0 Å². The first-order chi connectivity index (χ1) is 16.1. The van der Waals surface area contributed by atoms with Gasteiger partial charge in [-0.05, 0) is 53.8 Å². The Bertz CT molecular complexity index is 1420. The molecule has 1 fully saturated rings. The third kappa shape index (κ3) is 5.59. The fraction of sp³-hybridized carbons (Fsp3) is 0.375. The van der Waals surface area contributed by atoms with E-state index in [1.807, 2.05) is 17.8 Å². The van der Waals surface area contributed by atoms with Gasteiger partial charge in [0.1, 0.15) is 0 Å². The van der Waals surface area contributed by atoms with Gasteiger partial charge >= 0.3 is 0 Å². The highest BCUT2D eigenvalue weighted by Crippen LogP contribution is 2.30. The second kappa shape index (κ2) is 10.0. The second-order valence-electron chi connectivity index (χ2n) is 8.54. The first-order valence-corrected chi connectivity index (χ1v) is 13.9. The molecule has 0 radical (unpaired) electrons. The molecule has 180 valence electrons. The molecule has 0 atom stereocenters. The summed E-state index contributed by atoms with van der Waals surface area (Å²) in [6.45, 7) is 2.60. The minimum Gasteiger partial charge on any atom is -0.343 e. The summed E-state index contributed by atoms with van der Waals surface area (Å²) in [6.07, 6.45) is 3.55. The van der Waals surface area contributed by atoms with Gasteiger partial charge in [0.2, 0.25) is 11.8 Å². The van der Waals surface area contributed by atoms with Crippen molar-refractivity contribution in [2.45, 2.75) is 37.0 Å². The van der Waals surface area contributed by atoms with Crippen molar-refractivity contribution >= 4 is 55.4 Å². The number of benzene rings is 2. The topological polar surface area (TPSA) is 88.8 Å². The predicted molar refractivity (Wildman–Crippen MR) is 134 cm³/mol. The molecule has 2 amide bonds. The summed E-state index contributed by atoms with van der Waals surface area (Å²) in [4.78, 5) is 31.8. The van der Waals surface area contributed by atoms with Crippen LogP contribution < -0.4 is 4.80 Å². The van der Waals surface area contributed by atoms with Crippen LogP contribution in [0.25, 0.3) is 10.8 Å². The number of piperidine rings is 1. The fourth-order valence-corrected chi connectivity index (χ4v) is 6.81. The average molecular weight is 520 g/mol. The van der Waals surface area contributed by atoms with E-state index in [4.69, 9.17) is 11.6 Å². The van der Waals surface area contributed by atoms with Crippen molar-refractivity contribution in [1.82, 2.24) is 9.47 Å². The zero-order chi connectivity index (χ0) is 24.5. The van der Waals surface area contributed by atoms with Crippen molar-refractivity contribution in [3.63, 3.8) is 0 Å². The SMILES string of the molecule is CC(=O)/N=c1\sc(C2CCN(C(=O)CCS(=O)(=O)c3ccc4cc(Cl)ccc4c3)CC2)cn1C. The molecular weight excluding hydrogens is 494 g/mol. The summed E-state index contributed by atoms with van der Waals surface area (Å²) in [5.41, 5.74) is 0. The molecule has 7 nitrogen and oxygen atoms in total. The molecule has 0 spiro atoms. The molecular formula is C24H26ClN3O4S2. The van der Waals surface area contributed by atoms with Crippen LogP contribution >= 0.6 is 22.9 Å². The lowest BCUT2D eigenvalue weighted by Gasteiger charge is -2.31. The molecule has 1 aliphatic heterocycles. The molecule has 0 bridgehead atoms. The quantitative estimate of drug-likeness (QED) is 0.511. The highest BCUT2D eigenvalue weighted by atomic mass is 35.5. The van der Waals surface area contributed by atoms with Crippen molar-refractivity contribution in [2.24, 2.45) is 12.0 Å². The number of aromatic nitrogens is 1. The number of halogens is 1. The number of nitrogens with zero attached hydrogens (tertiary/aromatic N) is 3. The molecule has 2 aromatic carbocycles. The Morgan fingerprint density at radius 3 is 2.50 bits per heavy atom. The number of thiazole rings is 1. The standard InChI is InChI=1S/C24H26ClN3O4S2/c1-16(29)26-24-27(2)15-22(33-24)17-7-10-28(11-8-17)23(30)9-12-34(31,32)21-6-4-18-13-20(25)5-3-19(18)14-21/h3-6,13-15,17H,7-12H2,1-2H3/b26-24-. The molecule has 0 aliphatic carbocycles. The molecule has 4 rings (SSSR count). The van der Waals surface area contributed by atoms with Crippen LogP contribution in [0.2, 0.25) is 5.02 Å². The third-order valence-corrected chi connectivity index (χ3v) is 9.24. The summed E-state index contributed by atoms with van der Waals surface area (Å²) < 4.78 is 27.5. The van der Waals surface area contributed by atoms with Gasteiger partial charge in [-0.25, -0.2) is 8.42 Å². The largest absolute Gasteiger partial charge is 0.343 e. The van der Waals surface area contributed by atoms with E-state index in [2.05, 4.69) is 4.99 Å². The molecule has 0 N–H and O–H groups in total. The monoisotopic (exact) mass is 519 g/mol.